The lowest BCUT2D eigenvalue weighted by atomic mass is 10.0. The number of H-pyrrole nitrogens is 1. The standard InChI is InChI=1S/C12H17NO/c1-3-9-8(2)13-10-6-4-5-7-11(14)12(9)10/h13H,3-7H2,1-2H3. The third-order valence-electron chi connectivity index (χ3n) is 3.11. The Hall–Kier alpha value is -1.05. The number of aromatic amines is 1. The maximum atomic E-state index is 11.9. The van der Waals surface area contributed by atoms with Gasteiger partial charge in [-0.3, -0.25) is 4.79 Å². The van der Waals surface area contributed by atoms with Crippen molar-refractivity contribution < 1.29 is 4.79 Å². The summed E-state index contributed by atoms with van der Waals surface area (Å²) in [6.45, 7) is 4.19. The Balaban J connectivity index is 2.53. The average molecular weight is 191 g/mol. The molecule has 0 atom stereocenters. The van der Waals surface area contributed by atoms with Gasteiger partial charge in [-0.05, 0) is 38.2 Å². The third-order valence-corrected chi connectivity index (χ3v) is 3.11. The lowest BCUT2D eigenvalue weighted by Gasteiger charge is -2.00. The molecule has 14 heavy (non-hydrogen) atoms. The van der Waals surface area contributed by atoms with Crippen LogP contribution in [0.15, 0.2) is 0 Å². The Labute approximate surface area is 84.7 Å². The second kappa shape index (κ2) is 3.60. The van der Waals surface area contributed by atoms with Crippen molar-refractivity contribution in [2.75, 3.05) is 0 Å². The highest BCUT2D eigenvalue weighted by atomic mass is 16.1. The highest BCUT2D eigenvalue weighted by Crippen LogP contribution is 2.26. The minimum absolute atomic E-state index is 0.346. The van der Waals surface area contributed by atoms with E-state index >= 15 is 0 Å². The fourth-order valence-corrected chi connectivity index (χ4v) is 2.41. The number of Topliss-reactive ketones (excluding diaryl/α,β-unsaturated/α-hetero) is 1. The molecule has 0 spiro atoms. The average Bonchev–Trinajstić information content (AvgIpc) is 2.38. The van der Waals surface area contributed by atoms with Crippen molar-refractivity contribution in [1.29, 1.82) is 0 Å². The summed E-state index contributed by atoms with van der Waals surface area (Å²) in [7, 11) is 0. The molecule has 0 bridgehead atoms. The van der Waals surface area contributed by atoms with Gasteiger partial charge in [-0.25, -0.2) is 0 Å². The van der Waals surface area contributed by atoms with Gasteiger partial charge in [0, 0.05) is 23.4 Å². The molecule has 2 rings (SSSR count). The zero-order valence-corrected chi connectivity index (χ0v) is 8.94. The molecule has 1 aromatic rings. The first kappa shape index (κ1) is 9.50. The quantitative estimate of drug-likeness (QED) is 0.680. The van der Waals surface area contributed by atoms with E-state index in [0.29, 0.717) is 5.78 Å². The molecule has 1 aliphatic rings. The van der Waals surface area contributed by atoms with E-state index in [1.807, 2.05) is 0 Å². The lowest BCUT2D eigenvalue weighted by molar-refractivity contribution is 0.0981. The van der Waals surface area contributed by atoms with Crippen LogP contribution in [0.1, 0.15) is 53.5 Å². The van der Waals surface area contributed by atoms with Crippen LogP contribution in [0.2, 0.25) is 0 Å². The van der Waals surface area contributed by atoms with Crippen molar-refractivity contribution in [3.05, 3.63) is 22.5 Å². The van der Waals surface area contributed by atoms with Crippen molar-refractivity contribution in [2.45, 2.75) is 46.0 Å². The van der Waals surface area contributed by atoms with E-state index < -0.39 is 0 Å². The van der Waals surface area contributed by atoms with Crippen LogP contribution in [0, 0.1) is 6.92 Å². The van der Waals surface area contributed by atoms with Crippen LogP contribution in [0.3, 0.4) is 0 Å². The van der Waals surface area contributed by atoms with Crippen molar-refractivity contribution in [1.82, 2.24) is 4.98 Å². The largest absolute Gasteiger partial charge is 0.362 e. The van der Waals surface area contributed by atoms with Crippen LogP contribution in [-0.2, 0) is 12.8 Å². The zero-order chi connectivity index (χ0) is 10.1. The summed E-state index contributed by atoms with van der Waals surface area (Å²) in [6, 6.07) is 0. The Morgan fingerprint density at radius 3 is 2.71 bits per heavy atom. The number of aromatic nitrogens is 1. The summed E-state index contributed by atoms with van der Waals surface area (Å²) in [4.78, 5) is 15.2. The zero-order valence-electron chi connectivity index (χ0n) is 8.94. The fourth-order valence-electron chi connectivity index (χ4n) is 2.41. The number of rotatable bonds is 1. The molecule has 1 heterocycles. The Morgan fingerprint density at radius 1 is 1.29 bits per heavy atom. The molecule has 0 amide bonds. The summed E-state index contributed by atoms with van der Waals surface area (Å²) in [6.07, 6.45) is 4.92. The van der Waals surface area contributed by atoms with Gasteiger partial charge >= 0.3 is 0 Å². The van der Waals surface area contributed by atoms with Gasteiger partial charge in [0.05, 0.1) is 0 Å². The Bertz CT molecular complexity index is 363. The monoisotopic (exact) mass is 191 g/mol. The number of aryl methyl sites for hydroxylation is 2. The number of nitrogens with one attached hydrogen (secondary N) is 1. The maximum absolute atomic E-state index is 11.9. The smallest absolute Gasteiger partial charge is 0.164 e. The molecule has 1 aromatic heterocycles. The summed E-state index contributed by atoms with van der Waals surface area (Å²) in [5.74, 6) is 0.346. The van der Waals surface area contributed by atoms with E-state index in [9.17, 15) is 4.79 Å². The lowest BCUT2D eigenvalue weighted by Crippen LogP contribution is -2.01. The third kappa shape index (κ3) is 1.39. The van der Waals surface area contributed by atoms with Crippen molar-refractivity contribution in [3.63, 3.8) is 0 Å². The second-order valence-corrected chi connectivity index (χ2v) is 4.07. The SMILES string of the molecule is CCc1c(C)[nH]c2c1C(=O)CCCC2. The van der Waals surface area contributed by atoms with Gasteiger partial charge in [0.1, 0.15) is 0 Å². The van der Waals surface area contributed by atoms with E-state index in [4.69, 9.17) is 0 Å². The van der Waals surface area contributed by atoms with Gasteiger partial charge in [-0.2, -0.15) is 0 Å². The first-order chi connectivity index (χ1) is 6.74. The number of hydrogen-bond donors (Lipinski definition) is 1. The molecule has 0 fully saturated rings. The number of carbonyl (C=O) groups excluding carboxylic acids is 1. The molecule has 76 valence electrons. The van der Waals surface area contributed by atoms with E-state index in [1.165, 1.54) is 17.0 Å². The predicted octanol–water partition coefficient (Wildman–Crippen LogP) is 2.79. The summed E-state index contributed by atoms with van der Waals surface area (Å²) in [5, 5.41) is 0. The first-order valence-electron chi connectivity index (χ1n) is 5.47. The second-order valence-electron chi connectivity index (χ2n) is 4.07. The van der Waals surface area contributed by atoms with Gasteiger partial charge in [0.25, 0.3) is 0 Å². The van der Waals surface area contributed by atoms with Gasteiger partial charge < -0.3 is 4.98 Å². The van der Waals surface area contributed by atoms with Crippen molar-refractivity contribution in [3.8, 4) is 0 Å². The molecule has 1 aliphatic carbocycles. The highest BCUT2D eigenvalue weighted by Gasteiger charge is 2.21. The van der Waals surface area contributed by atoms with Crippen LogP contribution < -0.4 is 0 Å². The molecule has 0 aromatic carbocycles. The van der Waals surface area contributed by atoms with Crippen LogP contribution >= 0.6 is 0 Å². The predicted molar refractivity (Wildman–Crippen MR) is 56.8 cm³/mol. The van der Waals surface area contributed by atoms with Crippen LogP contribution in [-0.4, -0.2) is 10.8 Å². The normalized spacial score (nSPS) is 16.6. The van der Waals surface area contributed by atoms with Gasteiger partial charge in [-0.15, -0.1) is 0 Å². The molecular formula is C12H17NO. The van der Waals surface area contributed by atoms with Crippen molar-refractivity contribution in [2.24, 2.45) is 0 Å². The van der Waals surface area contributed by atoms with E-state index in [2.05, 4.69) is 18.8 Å². The molecule has 0 saturated heterocycles. The van der Waals surface area contributed by atoms with Crippen LogP contribution in [0.5, 0.6) is 0 Å². The molecule has 0 aliphatic heterocycles. The van der Waals surface area contributed by atoms with Gasteiger partial charge in [0.15, 0.2) is 5.78 Å². The fraction of sp³-hybridized carbons (Fsp3) is 0.583. The Morgan fingerprint density at radius 2 is 2.00 bits per heavy atom. The maximum Gasteiger partial charge on any atom is 0.164 e. The minimum Gasteiger partial charge on any atom is -0.362 e. The number of carbonyl (C=O) groups is 1. The van der Waals surface area contributed by atoms with Crippen molar-refractivity contribution >= 4 is 5.78 Å². The minimum atomic E-state index is 0.346. The molecule has 0 radical (unpaired) electrons. The summed E-state index contributed by atoms with van der Waals surface area (Å²) < 4.78 is 0. The van der Waals surface area contributed by atoms with E-state index in [-0.39, 0.29) is 0 Å². The summed E-state index contributed by atoms with van der Waals surface area (Å²) >= 11 is 0. The molecule has 2 nitrogen and oxygen atoms in total. The van der Waals surface area contributed by atoms with Crippen LogP contribution in [0.4, 0.5) is 0 Å². The number of fused-ring (bicyclic) bond motifs is 1. The molecular weight excluding hydrogens is 174 g/mol. The molecule has 1 N–H and O–H groups in total. The van der Waals surface area contributed by atoms with Gasteiger partial charge in [0.2, 0.25) is 0 Å². The number of hydrogen-bond acceptors (Lipinski definition) is 1. The number of ketones is 1. The van der Waals surface area contributed by atoms with E-state index in [0.717, 1.165) is 37.7 Å². The molecule has 2 heteroatoms. The Kier molecular flexibility index (Phi) is 2.44. The highest BCUT2D eigenvalue weighted by molar-refractivity contribution is 5.99. The topological polar surface area (TPSA) is 32.9 Å². The molecule has 0 unspecified atom stereocenters. The van der Waals surface area contributed by atoms with E-state index in [1.54, 1.807) is 0 Å². The van der Waals surface area contributed by atoms with Gasteiger partial charge in [-0.1, -0.05) is 6.92 Å². The first-order valence-corrected chi connectivity index (χ1v) is 5.47. The summed E-state index contributed by atoms with van der Waals surface area (Å²) in [5.41, 5.74) is 4.63. The molecule has 0 saturated carbocycles. The van der Waals surface area contributed by atoms with Crippen LogP contribution in [0.25, 0.3) is 0 Å².